The van der Waals surface area contributed by atoms with Gasteiger partial charge >= 0.3 is 0 Å². The van der Waals surface area contributed by atoms with Crippen LogP contribution in [0.15, 0.2) is 60.8 Å². The maximum atomic E-state index is 4.54. The van der Waals surface area contributed by atoms with E-state index in [4.69, 9.17) is 0 Å². The maximum absolute atomic E-state index is 4.54. The summed E-state index contributed by atoms with van der Waals surface area (Å²) in [6.07, 6.45) is 11.1. The summed E-state index contributed by atoms with van der Waals surface area (Å²) in [5.74, 6) is 0. The predicted octanol–water partition coefficient (Wildman–Crippen LogP) is 6.81. The number of unbranched alkanes of at least 4 members (excludes halogenated alkanes) is 2. The topological polar surface area (TPSA) is 16.1 Å². The Morgan fingerprint density at radius 3 is 2.22 bits per heavy atom. The minimum atomic E-state index is 1.02. The van der Waals surface area contributed by atoms with Crippen molar-refractivity contribution in [1.82, 2.24) is 4.98 Å². The van der Waals surface area contributed by atoms with E-state index in [0.29, 0.717) is 0 Å². The van der Waals surface area contributed by atoms with Crippen molar-refractivity contribution in [3.05, 3.63) is 72.1 Å². The lowest BCUT2D eigenvalue weighted by Gasteiger charge is -2.24. The number of benzene rings is 2. The molecule has 0 atom stereocenters. The Morgan fingerprint density at radius 2 is 1.52 bits per heavy atom. The summed E-state index contributed by atoms with van der Waals surface area (Å²) in [5, 5.41) is 2.42. The van der Waals surface area contributed by atoms with Crippen molar-refractivity contribution in [1.29, 1.82) is 0 Å². The molecule has 0 saturated heterocycles. The standard InChI is InChI=1S/C25H30N2/c1-3-5-19-27(20-6-4-2)23-14-11-21(12-15-23)13-16-25-24-10-8-7-9-22(24)17-18-26-25/h7-18H,3-6,19-20H2,1-2H3/b16-13+. The van der Waals surface area contributed by atoms with E-state index in [0.717, 1.165) is 18.8 Å². The molecule has 0 amide bonds. The van der Waals surface area contributed by atoms with E-state index in [9.17, 15) is 0 Å². The van der Waals surface area contributed by atoms with Crippen LogP contribution in [-0.2, 0) is 0 Å². The summed E-state index contributed by atoms with van der Waals surface area (Å²) < 4.78 is 0. The molecular formula is C25H30N2. The molecule has 3 rings (SSSR count). The Bertz CT molecular complexity index is 852. The first-order chi connectivity index (χ1) is 13.3. The second-order valence-electron chi connectivity index (χ2n) is 7.04. The molecule has 0 aliphatic carbocycles. The molecule has 0 aliphatic rings. The van der Waals surface area contributed by atoms with Crippen molar-refractivity contribution < 1.29 is 0 Å². The average molecular weight is 359 g/mol. The van der Waals surface area contributed by atoms with E-state index in [-0.39, 0.29) is 0 Å². The predicted molar refractivity (Wildman–Crippen MR) is 119 cm³/mol. The second kappa shape index (κ2) is 9.91. The van der Waals surface area contributed by atoms with E-state index in [1.807, 2.05) is 6.20 Å². The SMILES string of the molecule is CCCCN(CCCC)c1ccc(/C=C/c2nccc3ccccc23)cc1. The molecule has 0 saturated carbocycles. The zero-order valence-electron chi connectivity index (χ0n) is 16.6. The minimum Gasteiger partial charge on any atom is -0.372 e. The zero-order chi connectivity index (χ0) is 18.9. The van der Waals surface area contributed by atoms with Crippen LogP contribution in [0.1, 0.15) is 50.8 Å². The fourth-order valence-corrected chi connectivity index (χ4v) is 3.32. The lowest BCUT2D eigenvalue weighted by Crippen LogP contribution is -2.25. The summed E-state index contributed by atoms with van der Waals surface area (Å²) in [6.45, 7) is 6.80. The molecule has 0 unspecified atom stereocenters. The third-order valence-corrected chi connectivity index (χ3v) is 4.96. The van der Waals surface area contributed by atoms with Crippen LogP contribution in [0.3, 0.4) is 0 Å². The van der Waals surface area contributed by atoms with E-state index < -0.39 is 0 Å². The third kappa shape index (κ3) is 5.19. The van der Waals surface area contributed by atoms with Gasteiger partial charge in [-0.15, -0.1) is 0 Å². The molecule has 0 spiro atoms. The van der Waals surface area contributed by atoms with Gasteiger partial charge in [0.15, 0.2) is 0 Å². The van der Waals surface area contributed by atoms with Crippen LogP contribution in [0.4, 0.5) is 5.69 Å². The van der Waals surface area contributed by atoms with Gasteiger partial charge in [0.2, 0.25) is 0 Å². The zero-order valence-corrected chi connectivity index (χ0v) is 16.6. The first-order valence-electron chi connectivity index (χ1n) is 10.2. The Labute approximate surface area is 163 Å². The van der Waals surface area contributed by atoms with Gasteiger partial charge in [-0.1, -0.05) is 69.2 Å². The van der Waals surface area contributed by atoms with Gasteiger partial charge in [-0.3, -0.25) is 4.98 Å². The molecule has 140 valence electrons. The summed E-state index contributed by atoms with van der Waals surface area (Å²) in [5.41, 5.74) is 3.56. The van der Waals surface area contributed by atoms with E-state index in [1.54, 1.807) is 0 Å². The number of pyridine rings is 1. The number of hydrogen-bond acceptors (Lipinski definition) is 2. The van der Waals surface area contributed by atoms with E-state index in [1.165, 1.54) is 47.7 Å². The highest BCUT2D eigenvalue weighted by Crippen LogP contribution is 2.20. The quantitative estimate of drug-likeness (QED) is 0.417. The van der Waals surface area contributed by atoms with Crippen LogP contribution >= 0.6 is 0 Å². The molecule has 2 heteroatoms. The number of rotatable bonds is 9. The van der Waals surface area contributed by atoms with Gasteiger partial charge in [-0.2, -0.15) is 0 Å². The van der Waals surface area contributed by atoms with Crippen LogP contribution in [0.2, 0.25) is 0 Å². The normalized spacial score (nSPS) is 11.3. The molecule has 0 bridgehead atoms. The summed E-state index contributed by atoms with van der Waals surface area (Å²) in [6, 6.07) is 19.4. The highest BCUT2D eigenvalue weighted by Gasteiger charge is 2.05. The Morgan fingerprint density at radius 1 is 0.815 bits per heavy atom. The van der Waals surface area contributed by atoms with E-state index >= 15 is 0 Å². The van der Waals surface area contributed by atoms with Crippen LogP contribution < -0.4 is 4.90 Å². The monoisotopic (exact) mass is 358 g/mol. The summed E-state index contributed by atoms with van der Waals surface area (Å²) >= 11 is 0. The second-order valence-corrected chi connectivity index (χ2v) is 7.04. The van der Waals surface area contributed by atoms with Crippen LogP contribution in [0.5, 0.6) is 0 Å². The molecule has 0 fully saturated rings. The highest BCUT2D eigenvalue weighted by atomic mass is 15.1. The number of hydrogen-bond donors (Lipinski definition) is 0. The van der Waals surface area contributed by atoms with Crippen molar-refractivity contribution in [3.63, 3.8) is 0 Å². The van der Waals surface area contributed by atoms with Crippen molar-refractivity contribution in [2.24, 2.45) is 0 Å². The molecular weight excluding hydrogens is 328 g/mol. The highest BCUT2D eigenvalue weighted by molar-refractivity contribution is 5.91. The molecule has 0 aliphatic heterocycles. The fraction of sp³-hybridized carbons (Fsp3) is 0.320. The van der Waals surface area contributed by atoms with Gasteiger partial charge in [0.05, 0.1) is 5.69 Å². The van der Waals surface area contributed by atoms with Gasteiger partial charge in [0.1, 0.15) is 0 Å². The molecule has 1 aromatic heterocycles. The van der Waals surface area contributed by atoms with Crippen molar-refractivity contribution in [2.45, 2.75) is 39.5 Å². The number of anilines is 1. The minimum absolute atomic E-state index is 1.02. The number of nitrogens with zero attached hydrogens (tertiary/aromatic N) is 2. The Hall–Kier alpha value is -2.61. The first-order valence-corrected chi connectivity index (χ1v) is 10.2. The largest absolute Gasteiger partial charge is 0.372 e. The Balaban J connectivity index is 1.75. The lowest BCUT2D eigenvalue weighted by molar-refractivity contribution is 0.678. The van der Waals surface area contributed by atoms with E-state index in [2.05, 4.69) is 90.5 Å². The molecule has 0 N–H and O–H groups in total. The van der Waals surface area contributed by atoms with Crippen LogP contribution in [0, 0.1) is 0 Å². The third-order valence-electron chi connectivity index (χ3n) is 4.96. The fourth-order valence-electron chi connectivity index (χ4n) is 3.32. The van der Waals surface area contributed by atoms with Gasteiger partial charge in [0.25, 0.3) is 0 Å². The van der Waals surface area contributed by atoms with Gasteiger partial charge in [0, 0.05) is 30.4 Å². The molecule has 1 heterocycles. The van der Waals surface area contributed by atoms with Gasteiger partial charge < -0.3 is 4.90 Å². The van der Waals surface area contributed by atoms with Crippen molar-refractivity contribution in [3.8, 4) is 0 Å². The smallest absolute Gasteiger partial charge is 0.0708 e. The molecule has 0 radical (unpaired) electrons. The summed E-state index contributed by atoms with van der Waals surface area (Å²) in [4.78, 5) is 7.06. The maximum Gasteiger partial charge on any atom is 0.0708 e. The Kier molecular flexibility index (Phi) is 7.04. The first kappa shape index (κ1) is 19.2. The van der Waals surface area contributed by atoms with Crippen molar-refractivity contribution in [2.75, 3.05) is 18.0 Å². The van der Waals surface area contributed by atoms with Gasteiger partial charge in [-0.25, -0.2) is 0 Å². The average Bonchev–Trinajstić information content (AvgIpc) is 2.73. The van der Waals surface area contributed by atoms with Gasteiger partial charge in [-0.05, 0) is 48.1 Å². The number of aromatic nitrogens is 1. The van der Waals surface area contributed by atoms with Crippen LogP contribution in [-0.4, -0.2) is 18.1 Å². The molecule has 3 aromatic rings. The number of fused-ring (bicyclic) bond motifs is 1. The van der Waals surface area contributed by atoms with Crippen LogP contribution in [0.25, 0.3) is 22.9 Å². The lowest BCUT2D eigenvalue weighted by atomic mass is 10.1. The molecule has 27 heavy (non-hydrogen) atoms. The van der Waals surface area contributed by atoms with Crippen molar-refractivity contribution >= 4 is 28.6 Å². The summed E-state index contributed by atoms with van der Waals surface area (Å²) in [7, 11) is 0. The molecule has 2 nitrogen and oxygen atoms in total. The molecule has 2 aromatic carbocycles.